The Labute approximate surface area is 119 Å². The van der Waals surface area contributed by atoms with Crippen LogP contribution < -0.4 is 5.32 Å². The summed E-state index contributed by atoms with van der Waals surface area (Å²) in [4.78, 5) is 24.9. The van der Waals surface area contributed by atoms with Crippen molar-refractivity contribution in [1.29, 1.82) is 0 Å². The molecule has 20 heavy (non-hydrogen) atoms. The van der Waals surface area contributed by atoms with Crippen LogP contribution in [0.1, 0.15) is 45.4 Å². The highest BCUT2D eigenvalue weighted by Gasteiger charge is 2.34. The average molecular weight is 284 g/mol. The molecule has 0 radical (unpaired) electrons. The topological polar surface area (TPSA) is 78.9 Å². The lowest BCUT2D eigenvalue weighted by Gasteiger charge is -2.37. The van der Waals surface area contributed by atoms with Gasteiger partial charge in [-0.25, -0.2) is 4.79 Å². The predicted molar refractivity (Wildman–Crippen MR) is 73.6 cm³/mol. The normalized spacial score (nSPS) is 27.2. The van der Waals surface area contributed by atoms with Crippen LogP contribution in [0.2, 0.25) is 0 Å². The van der Waals surface area contributed by atoms with Crippen LogP contribution in [0.25, 0.3) is 0 Å². The average Bonchev–Trinajstić information content (AvgIpc) is 2.89. The third-order valence-corrected chi connectivity index (χ3v) is 4.18. The van der Waals surface area contributed by atoms with Gasteiger partial charge in [0.1, 0.15) is 6.54 Å². The molecule has 1 aliphatic carbocycles. The summed E-state index contributed by atoms with van der Waals surface area (Å²) in [5.74, 6) is -0.961. The third-order valence-electron chi connectivity index (χ3n) is 4.18. The highest BCUT2D eigenvalue weighted by molar-refractivity contribution is 5.81. The molecule has 1 saturated carbocycles. The molecular formula is C14H24N2O4. The van der Waals surface area contributed by atoms with Gasteiger partial charge < -0.3 is 20.1 Å². The van der Waals surface area contributed by atoms with Crippen LogP contribution in [0, 0.1) is 0 Å². The number of hydrogen-bond acceptors (Lipinski definition) is 3. The minimum absolute atomic E-state index is 0.0548. The molecule has 2 amide bonds. The smallest absolute Gasteiger partial charge is 0.323 e. The molecule has 0 aromatic carbocycles. The van der Waals surface area contributed by atoms with Gasteiger partial charge in [-0.2, -0.15) is 0 Å². The first-order chi connectivity index (χ1) is 9.50. The number of carbonyl (C=O) groups excluding carboxylic acids is 1. The molecule has 1 saturated heterocycles. The van der Waals surface area contributed by atoms with Gasteiger partial charge in [-0.15, -0.1) is 0 Å². The van der Waals surface area contributed by atoms with Crippen molar-refractivity contribution in [2.75, 3.05) is 19.8 Å². The van der Waals surface area contributed by atoms with Gasteiger partial charge in [0.25, 0.3) is 0 Å². The maximum Gasteiger partial charge on any atom is 0.323 e. The third kappa shape index (κ3) is 3.85. The van der Waals surface area contributed by atoms with Crippen molar-refractivity contribution < 1.29 is 19.4 Å². The van der Waals surface area contributed by atoms with Crippen LogP contribution in [0.5, 0.6) is 0 Å². The van der Waals surface area contributed by atoms with Gasteiger partial charge in [0, 0.05) is 12.6 Å². The Balaban J connectivity index is 1.99. The Bertz CT molecular complexity index is 360. The van der Waals surface area contributed by atoms with Crippen LogP contribution >= 0.6 is 0 Å². The molecule has 114 valence electrons. The second-order valence-corrected chi connectivity index (χ2v) is 6.11. The molecule has 1 aliphatic heterocycles. The number of hydrogen-bond donors (Lipinski definition) is 2. The molecule has 2 fully saturated rings. The van der Waals surface area contributed by atoms with E-state index in [1.54, 1.807) is 0 Å². The van der Waals surface area contributed by atoms with E-state index >= 15 is 0 Å². The Morgan fingerprint density at radius 2 is 2.05 bits per heavy atom. The number of nitrogens with zero attached hydrogens (tertiary/aromatic N) is 1. The predicted octanol–water partition coefficient (Wildman–Crippen LogP) is 1.59. The molecule has 2 aliphatic rings. The van der Waals surface area contributed by atoms with Crippen molar-refractivity contribution in [3.05, 3.63) is 0 Å². The molecule has 6 heteroatoms. The van der Waals surface area contributed by atoms with E-state index < -0.39 is 5.97 Å². The van der Waals surface area contributed by atoms with Crippen LogP contribution in [0.15, 0.2) is 0 Å². The zero-order chi connectivity index (χ0) is 14.6. The monoisotopic (exact) mass is 284 g/mol. The SMILES string of the molecule is CC1(NC(=O)N(CC(=O)O)C2CCCC2)CCCOC1. The number of amides is 2. The lowest BCUT2D eigenvalue weighted by atomic mass is 9.95. The molecule has 0 aromatic heterocycles. The van der Waals surface area contributed by atoms with Crippen molar-refractivity contribution in [2.24, 2.45) is 0 Å². The molecule has 1 atom stereocenters. The first-order valence-electron chi connectivity index (χ1n) is 7.38. The largest absolute Gasteiger partial charge is 0.480 e. The van der Waals surface area contributed by atoms with Crippen molar-refractivity contribution in [2.45, 2.75) is 57.0 Å². The van der Waals surface area contributed by atoms with Crippen molar-refractivity contribution in [3.8, 4) is 0 Å². The zero-order valence-corrected chi connectivity index (χ0v) is 12.1. The van der Waals surface area contributed by atoms with Gasteiger partial charge in [-0.05, 0) is 32.6 Å². The van der Waals surface area contributed by atoms with E-state index in [0.717, 1.165) is 45.1 Å². The van der Waals surface area contributed by atoms with Gasteiger partial charge >= 0.3 is 12.0 Å². The van der Waals surface area contributed by atoms with Gasteiger partial charge in [0.2, 0.25) is 0 Å². The first kappa shape index (κ1) is 15.1. The molecule has 1 unspecified atom stereocenters. The van der Waals surface area contributed by atoms with Gasteiger partial charge in [0.15, 0.2) is 0 Å². The molecular weight excluding hydrogens is 260 g/mol. The molecule has 1 heterocycles. The number of carbonyl (C=O) groups is 2. The molecule has 0 spiro atoms. The minimum Gasteiger partial charge on any atom is -0.480 e. The summed E-state index contributed by atoms with van der Waals surface area (Å²) in [6, 6.07) is -0.216. The van der Waals surface area contributed by atoms with Crippen LogP contribution in [-0.2, 0) is 9.53 Å². The maximum absolute atomic E-state index is 12.4. The number of urea groups is 1. The molecule has 2 rings (SSSR count). The van der Waals surface area contributed by atoms with E-state index in [1.807, 2.05) is 6.92 Å². The summed E-state index contributed by atoms with van der Waals surface area (Å²) < 4.78 is 5.42. The van der Waals surface area contributed by atoms with E-state index in [4.69, 9.17) is 9.84 Å². The molecule has 6 nitrogen and oxygen atoms in total. The van der Waals surface area contributed by atoms with Crippen LogP contribution in [0.3, 0.4) is 0 Å². The highest BCUT2D eigenvalue weighted by atomic mass is 16.5. The van der Waals surface area contributed by atoms with Gasteiger partial charge in [-0.1, -0.05) is 12.8 Å². The van der Waals surface area contributed by atoms with E-state index in [0.29, 0.717) is 6.61 Å². The molecule has 0 bridgehead atoms. The van der Waals surface area contributed by atoms with Gasteiger partial charge in [-0.3, -0.25) is 4.79 Å². The highest BCUT2D eigenvalue weighted by Crippen LogP contribution is 2.25. The standard InChI is InChI=1S/C14H24N2O4/c1-14(7-4-8-20-10-14)15-13(19)16(9-12(17)18)11-5-2-3-6-11/h11H,2-10H2,1H3,(H,15,19)(H,17,18). The fraction of sp³-hybridized carbons (Fsp3) is 0.857. The van der Waals surface area contributed by atoms with E-state index in [-0.39, 0.29) is 24.2 Å². The summed E-state index contributed by atoms with van der Waals surface area (Å²) in [7, 11) is 0. The summed E-state index contributed by atoms with van der Waals surface area (Å²) >= 11 is 0. The quantitative estimate of drug-likeness (QED) is 0.821. The van der Waals surface area contributed by atoms with E-state index in [1.165, 1.54) is 4.90 Å². The minimum atomic E-state index is -0.961. The maximum atomic E-state index is 12.4. The Morgan fingerprint density at radius 3 is 2.60 bits per heavy atom. The van der Waals surface area contributed by atoms with E-state index in [2.05, 4.69) is 5.32 Å². The number of ether oxygens (including phenoxy) is 1. The van der Waals surface area contributed by atoms with E-state index in [9.17, 15) is 9.59 Å². The second-order valence-electron chi connectivity index (χ2n) is 6.11. The first-order valence-corrected chi connectivity index (χ1v) is 7.38. The Hall–Kier alpha value is -1.30. The number of carboxylic acid groups (broad SMARTS) is 1. The Morgan fingerprint density at radius 1 is 1.35 bits per heavy atom. The summed E-state index contributed by atoms with van der Waals surface area (Å²) in [5.41, 5.74) is -0.384. The summed E-state index contributed by atoms with van der Waals surface area (Å²) in [5, 5.41) is 12.0. The Kier molecular flexibility index (Phi) is 4.86. The lowest BCUT2D eigenvalue weighted by molar-refractivity contribution is -0.138. The zero-order valence-electron chi connectivity index (χ0n) is 12.1. The second kappa shape index (κ2) is 6.43. The number of aliphatic carboxylic acids is 1. The number of carboxylic acids is 1. The van der Waals surface area contributed by atoms with Crippen molar-refractivity contribution >= 4 is 12.0 Å². The molecule has 0 aromatic rings. The lowest BCUT2D eigenvalue weighted by Crippen LogP contribution is -2.57. The van der Waals surface area contributed by atoms with Crippen molar-refractivity contribution in [1.82, 2.24) is 10.2 Å². The van der Waals surface area contributed by atoms with Crippen LogP contribution in [0.4, 0.5) is 4.79 Å². The van der Waals surface area contributed by atoms with Gasteiger partial charge in [0.05, 0.1) is 12.1 Å². The molecule has 2 N–H and O–H groups in total. The number of nitrogens with one attached hydrogen (secondary N) is 1. The number of rotatable bonds is 4. The summed E-state index contributed by atoms with van der Waals surface area (Å²) in [6.07, 6.45) is 5.70. The fourth-order valence-corrected chi connectivity index (χ4v) is 3.09. The van der Waals surface area contributed by atoms with Crippen LogP contribution in [-0.4, -0.2) is 53.3 Å². The van der Waals surface area contributed by atoms with Crippen molar-refractivity contribution in [3.63, 3.8) is 0 Å². The summed E-state index contributed by atoms with van der Waals surface area (Å²) in [6.45, 7) is 2.95. The fourth-order valence-electron chi connectivity index (χ4n) is 3.09.